The van der Waals surface area contributed by atoms with Crippen molar-refractivity contribution >= 4 is 21.9 Å². The van der Waals surface area contributed by atoms with Crippen LogP contribution in [0.5, 0.6) is 0 Å². The number of aliphatic carboxylic acids is 1. The van der Waals surface area contributed by atoms with E-state index in [1.807, 2.05) is 0 Å². The van der Waals surface area contributed by atoms with Gasteiger partial charge < -0.3 is 5.11 Å². The minimum Gasteiger partial charge on any atom is -0.481 e. The van der Waals surface area contributed by atoms with E-state index in [0.717, 1.165) is 24.6 Å². The fourth-order valence-electron chi connectivity index (χ4n) is 0.547. The molecule has 0 saturated carbocycles. The Morgan fingerprint density at radius 2 is 1.90 bits per heavy atom. The molecule has 0 aromatic carbocycles. The third-order valence-corrected chi connectivity index (χ3v) is 1.59. The van der Waals surface area contributed by atoms with Crippen LogP contribution in [0.4, 0.5) is 0 Å². The maximum Gasteiger partial charge on any atom is 0.303 e. The first-order valence-corrected chi connectivity index (χ1v) is 4.17. The van der Waals surface area contributed by atoms with Gasteiger partial charge in [-0.2, -0.15) is 0 Å². The summed E-state index contributed by atoms with van der Waals surface area (Å²) in [5.41, 5.74) is 0. The van der Waals surface area contributed by atoms with Gasteiger partial charge in [0, 0.05) is 34.1 Å². The fraction of sp³-hybridized carbons (Fsp3) is 0.833. The molecule has 0 unspecified atom stereocenters. The van der Waals surface area contributed by atoms with Crippen LogP contribution in [0.3, 0.4) is 0 Å². The van der Waals surface area contributed by atoms with Crippen molar-refractivity contribution in [3.05, 3.63) is 0 Å². The Hall–Kier alpha value is 0.690. The van der Waals surface area contributed by atoms with Gasteiger partial charge in [0.1, 0.15) is 0 Å². The third-order valence-electron chi connectivity index (χ3n) is 1.02. The summed E-state index contributed by atoms with van der Waals surface area (Å²) in [5.74, 6) is -0.690. The standard InChI is InChI=1S/C6H11BrO2.Ag/c7-5-3-1-2-4-6(8)9;/h1-5H2,(H,8,9);. The van der Waals surface area contributed by atoms with Crippen LogP contribution in [-0.2, 0) is 27.2 Å². The van der Waals surface area contributed by atoms with E-state index in [0.29, 0.717) is 6.42 Å². The van der Waals surface area contributed by atoms with Gasteiger partial charge in [-0.15, -0.1) is 0 Å². The van der Waals surface area contributed by atoms with Crippen molar-refractivity contribution in [1.29, 1.82) is 0 Å². The van der Waals surface area contributed by atoms with Gasteiger partial charge in [0.25, 0.3) is 0 Å². The summed E-state index contributed by atoms with van der Waals surface area (Å²) in [4.78, 5) is 9.95. The molecule has 0 aromatic heterocycles. The molecule has 2 nitrogen and oxygen atoms in total. The predicted octanol–water partition coefficient (Wildman–Crippen LogP) is 2.02. The molecule has 1 radical (unpaired) electrons. The second-order valence-electron chi connectivity index (χ2n) is 1.89. The summed E-state index contributed by atoms with van der Waals surface area (Å²) in [6.45, 7) is 0. The number of halogens is 1. The molecule has 0 aromatic rings. The molecule has 1 N–H and O–H groups in total. The van der Waals surface area contributed by atoms with Crippen molar-refractivity contribution in [2.45, 2.75) is 25.7 Å². The zero-order valence-corrected chi connectivity index (χ0v) is 8.64. The summed E-state index contributed by atoms with van der Waals surface area (Å²) in [6.07, 6.45) is 3.21. The smallest absolute Gasteiger partial charge is 0.303 e. The first-order chi connectivity index (χ1) is 4.27. The largest absolute Gasteiger partial charge is 0.481 e. The third kappa shape index (κ3) is 11.5. The van der Waals surface area contributed by atoms with Crippen molar-refractivity contribution in [2.24, 2.45) is 0 Å². The van der Waals surface area contributed by atoms with Crippen LogP contribution >= 0.6 is 15.9 Å². The van der Waals surface area contributed by atoms with Gasteiger partial charge in [0.15, 0.2) is 0 Å². The Balaban J connectivity index is 0. The number of hydrogen-bond donors (Lipinski definition) is 1. The Labute approximate surface area is 85.0 Å². The van der Waals surface area contributed by atoms with Crippen molar-refractivity contribution in [3.63, 3.8) is 0 Å². The van der Waals surface area contributed by atoms with Gasteiger partial charge in [0.2, 0.25) is 0 Å². The number of carbonyl (C=O) groups is 1. The molecule has 4 heteroatoms. The maximum absolute atomic E-state index is 9.95. The summed E-state index contributed by atoms with van der Waals surface area (Å²) in [6, 6.07) is 0. The van der Waals surface area contributed by atoms with Crippen LogP contribution in [0.1, 0.15) is 25.7 Å². The molecule has 0 amide bonds. The Kier molecular flexibility index (Phi) is 12.9. The Morgan fingerprint density at radius 3 is 2.30 bits per heavy atom. The van der Waals surface area contributed by atoms with E-state index in [2.05, 4.69) is 15.9 Å². The normalized spacial score (nSPS) is 8.50. The van der Waals surface area contributed by atoms with E-state index in [9.17, 15) is 4.79 Å². The molecular formula is C6H11AgBrO2. The number of unbranched alkanes of at least 4 members (excludes halogenated alkanes) is 2. The van der Waals surface area contributed by atoms with Gasteiger partial charge >= 0.3 is 5.97 Å². The molecule has 0 aliphatic heterocycles. The average Bonchev–Trinajstić information content (AvgIpc) is 1.80. The first-order valence-electron chi connectivity index (χ1n) is 3.05. The Morgan fingerprint density at radius 1 is 1.30 bits per heavy atom. The van der Waals surface area contributed by atoms with Crippen LogP contribution in [-0.4, -0.2) is 16.4 Å². The first kappa shape index (κ1) is 13.3. The van der Waals surface area contributed by atoms with Crippen molar-refractivity contribution in [1.82, 2.24) is 0 Å². The van der Waals surface area contributed by atoms with Crippen LogP contribution < -0.4 is 0 Å². The van der Waals surface area contributed by atoms with Crippen molar-refractivity contribution in [2.75, 3.05) is 5.33 Å². The number of hydrogen-bond acceptors (Lipinski definition) is 1. The summed E-state index contributed by atoms with van der Waals surface area (Å²) < 4.78 is 0. The zero-order valence-electron chi connectivity index (χ0n) is 5.57. The van der Waals surface area contributed by atoms with Crippen LogP contribution in [0.15, 0.2) is 0 Å². The topological polar surface area (TPSA) is 37.3 Å². The quantitative estimate of drug-likeness (QED) is 0.479. The molecule has 0 heterocycles. The minimum absolute atomic E-state index is 0. The van der Waals surface area contributed by atoms with E-state index in [-0.39, 0.29) is 22.4 Å². The fourth-order valence-corrected chi connectivity index (χ4v) is 0.944. The van der Waals surface area contributed by atoms with Crippen LogP contribution in [0.2, 0.25) is 0 Å². The molecule has 0 aliphatic rings. The van der Waals surface area contributed by atoms with Crippen molar-refractivity contribution < 1.29 is 32.3 Å². The van der Waals surface area contributed by atoms with Gasteiger partial charge in [-0.3, -0.25) is 4.79 Å². The SMILES string of the molecule is O=C(O)CCCCCBr.[Ag]. The second kappa shape index (κ2) is 9.69. The molecule has 0 atom stereocenters. The zero-order chi connectivity index (χ0) is 7.11. The van der Waals surface area contributed by atoms with Gasteiger partial charge in [0.05, 0.1) is 0 Å². The molecule has 0 aliphatic carbocycles. The molecule has 0 rings (SSSR count). The molecule has 10 heavy (non-hydrogen) atoms. The molecule has 0 fully saturated rings. The van der Waals surface area contributed by atoms with Gasteiger partial charge in [-0.1, -0.05) is 22.4 Å². The van der Waals surface area contributed by atoms with Crippen LogP contribution in [0.25, 0.3) is 0 Å². The number of carboxylic acids is 1. The van der Waals surface area contributed by atoms with E-state index < -0.39 is 5.97 Å². The number of rotatable bonds is 5. The molecular weight excluding hydrogens is 292 g/mol. The average molecular weight is 303 g/mol. The summed E-state index contributed by atoms with van der Waals surface area (Å²) in [7, 11) is 0. The van der Waals surface area contributed by atoms with Gasteiger partial charge in [-0.25, -0.2) is 0 Å². The monoisotopic (exact) mass is 301 g/mol. The second-order valence-corrected chi connectivity index (χ2v) is 2.69. The summed E-state index contributed by atoms with van der Waals surface area (Å²) >= 11 is 3.27. The van der Waals surface area contributed by atoms with E-state index >= 15 is 0 Å². The van der Waals surface area contributed by atoms with Gasteiger partial charge in [-0.05, 0) is 12.8 Å². The Bertz CT molecular complexity index is 87.8. The van der Waals surface area contributed by atoms with E-state index in [1.54, 1.807) is 0 Å². The minimum atomic E-state index is -0.690. The predicted molar refractivity (Wildman–Crippen MR) is 39.9 cm³/mol. The van der Waals surface area contributed by atoms with E-state index in [1.165, 1.54) is 0 Å². The summed E-state index contributed by atoms with van der Waals surface area (Å²) in [5, 5.41) is 9.18. The molecule has 0 saturated heterocycles. The molecule has 65 valence electrons. The van der Waals surface area contributed by atoms with Crippen LogP contribution in [0, 0.1) is 0 Å². The number of carboxylic acid groups (broad SMARTS) is 1. The molecule has 0 spiro atoms. The number of alkyl halides is 1. The van der Waals surface area contributed by atoms with E-state index in [4.69, 9.17) is 5.11 Å². The maximum atomic E-state index is 9.95. The van der Waals surface area contributed by atoms with Crippen molar-refractivity contribution in [3.8, 4) is 0 Å². The molecule has 0 bridgehead atoms.